The first-order valence-electron chi connectivity index (χ1n) is 3.40. The first-order valence-corrected chi connectivity index (χ1v) is 3.40. The van der Waals surface area contributed by atoms with E-state index in [1.807, 2.05) is 0 Å². The molecule has 3 N–H and O–H groups in total. The molecule has 58 valence electrons. The molecule has 0 spiro atoms. The van der Waals surface area contributed by atoms with Gasteiger partial charge in [0.2, 0.25) is 0 Å². The minimum atomic E-state index is -0.821. The minimum absolute atomic E-state index is 0.224. The van der Waals surface area contributed by atoms with Crippen LogP contribution in [0.3, 0.4) is 0 Å². The van der Waals surface area contributed by atoms with E-state index in [-0.39, 0.29) is 18.6 Å². The Morgan fingerprint density at radius 2 is 1.70 bits per heavy atom. The Labute approximate surface area is 58.0 Å². The van der Waals surface area contributed by atoms with E-state index in [4.69, 9.17) is 20.1 Å². The van der Waals surface area contributed by atoms with Gasteiger partial charge in [0, 0.05) is 6.42 Å². The highest BCUT2D eigenvalue weighted by atomic mass is 16.6. The van der Waals surface area contributed by atoms with Crippen molar-refractivity contribution in [3.8, 4) is 0 Å². The van der Waals surface area contributed by atoms with Gasteiger partial charge in [-0.15, -0.1) is 0 Å². The van der Waals surface area contributed by atoms with Crippen LogP contribution in [0.4, 0.5) is 0 Å². The fraction of sp³-hybridized carbons (Fsp3) is 1.00. The lowest BCUT2D eigenvalue weighted by atomic mass is 9.93. The fourth-order valence-corrected chi connectivity index (χ4v) is 1.46. The molecule has 0 radical (unpaired) electrons. The van der Waals surface area contributed by atoms with Crippen LogP contribution in [0.5, 0.6) is 0 Å². The Kier molecular flexibility index (Phi) is 1.25. The molecule has 0 bridgehead atoms. The molecule has 10 heavy (non-hydrogen) atoms. The Hall–Kier alpha value is -0.160. The molecule has 5 atom stereocenters. The zero-order valence-electron chi connectivity index (χ0n) is 5.34. The van der Waals surface area contributed by atoms with Crippen LogP contribution < -0.4 is 0 Å². The summed E-state index contributed by atoms with van der Waals surface area (Å²) in [4.78, 5) is 0. The van der Waals surface area contributed by atoms with Gasteiger partial charge in [-0.2, -0.15) is 0 Å². The van der Waals surface area contributed by atoms with Crippen LogP contribution >= 0.6 is 0 Å². The third kappa shape index (κ3) is 0.769. The number of aliphatic hydroxyl groups excluding tert-OH is 3. The monoisotopic (exact) mass is 146 g/mol. The van der Waals surface area contributed by atoms with E-state index in [0.717, 1.165) is 0 Å². The highest BCUT2D eigenvalue weighted by Gasteiger charge is 2.55. The van der Waals surface area contributed by atoms with Crippen molar-refractivity contribution in [1.29, 1.82) is 0 Å². The Morgan fingerprint density at radius 1 is 1.00 bits per heavy atom. The second-order valence-corrected chi connectivity index (χ2v) is 2.93. The van der Waals surface area contributed by atoms with Gasteiger partial charge in [-0.25, -0.2) is 0 Å². The highest BCUT2D eigenvalue weighted by Crippen LogP contribution is 2.36. The van der Waals surface area contributed by atoms with Crippen LogP contribution in [-0.4, -0.2) is 45.8 Å². The van der Waals surface area contributed by atoms with Gasteiger partial charge in [-0.1, -0.05) is 0 Å². The molecule has 2 fully saturated rings. The van der Waals surface area contributed by atoms with Gasteiger partial charge in [-0.05, 0) is 0 Å². The van der Waals surface area contributed by atoms with E-state index in [0.29, 0.717) is 0 Å². The lowest BCUT2D eigenvalue weighted by molar-refractivity contribution is -0.0336. The zero-order chi connectivity index (χ0) is 7.30. The quantitative estimate of drug-likeness (QED) is 0.354. The van der Waals surface area contributed by atoms with Crippen LogP contribution in [0.25, 0.3) is 0 Å². The molecule has 0 unspecified atom stereocenters. The molecule has 4 nitrogen and oxygen atoms in total. The summed E-state index contributed by atoms with van der Waals surface area (Å²) in [6.45, 7) is 0. The van der Waals surface area contributed by atoms with Crippen molar-refractivity contribution in [1.82, 2.24) is 0 Å². The SMILES string of the molecule is O[C@H]1[C@@H]2O[C@@H]2[C@H](O)C[C@@H]1O. The summed E-state index contributed by atoms with van der Waals surface area (Å²) in [5, 5.41) is 27.3. The van der Waals surface area contributed by atoms with Crippen molar-refractivity contribution in [2.45, 2.75) is 36.9 Å². The predicted molar refractivity (Wildman–Crippen MR) is 31.3 cm³/mol. The fourth-order valence-electron chi connectivity index (χ4n) is 1.46. The number of hydrogen-bond acceptors (Lipinski definition) is 4. The molecule has 0 amide bonds. The number of ether oxygens (including phenoxy) is 1. The number of epoxide rings is 1. The Balaban J connectivity index is 2.05. The van der Waals surface area contributed by atoms with E-state index in [1.54, 1.807) is 0 Å². The molecule has 1 heterocycles. The van der Waals surface area contributed by atoms with Crippen LogP contribution in [0.1, 0.15) is 6.42 Å². The van der Waals surface area contributed by atoms with E-state index in [9.17, 15) is 0 Å². The van der Waals surface area contributed by atoms with Crippen molar-refractivity contribution in [3.63, 3.8) is 0 Å². The second kappa shape index (κ2) is 1.92. The predicted octanol–water partition coefficient (Wildman–Crippen LogP) is -1.76. The molecule has 1 saturated heterocycles. The maximum Gasteiger partial charge on any atom is 0.115 e. The van der Waals surface area contributed by atoms with E-state index >= 15 is 0 Å². The first kappa shape index (κ1) is 6.54. The van der Waals surface area contributed by atoms with E-state index in [1.165, 1.54) is 0 Å². The molecule has 0 aromatic carbocycles. The summed E-state index contributed by atoms with van der Waals surface area (Å²) in [7, 11) is 0. The van der Waals surface area contributed by atoms with Gasteiger partial charge in [0.05, 0.1) is 12.2 Å². The molecular formula is C6H10O4. The largest absolute Gasteiger partial charge is 0.390 e. The number of rotatable bonds is 0. The molecule has 1 saturated carbocycles. The lowest BCUT2D eigenvalue weighted by Crippen LogP contribution is -2.42. The smallest absolute Gasteiger partial charge is 0.115 e. The molecule has 1 aliphatic carbocycles. The van der Waals surface area contributed by atoms with Crippen molar-refractivity contribution in [2.75, 3.05) is 0 Å². The molecule has 2 aliphatic rings. The average Bonchev–Trinajstić information content (AvgIpc) is 2.61. The van der Waals surface area contributed by atoms with Gasteiger partial charge in [0.1, 0.15) is 18.3 Å². The summed E-state index contributed by atoms with van der Waals surface area (Å²) < 4.78 is 4.91. The summed E-state index contributed by atoms with van der Waals surface area (Å²) in [6.07, 6.45) is -2.53. The van der Waals surface area contributed by atoms with Gasteiger partial charge < -0.3 is 20.1 Å². The highest BCUT2D eigenvalue weighted by molar-refractivity contribution is 5.03. The van der Waals surface area contributed by atoms with Crippen molar-refractivity contribution in [3.05, 3.63) is 0 Å². The number of fused-ring (bicyclic) bond motifs is 1. The lowest BCUT2D eigenvalue weighted by Gasteiger charge is -2.22. The number of aliphatic hydroxyl groups is 3. The van der Waals surface area contributed by atoms with Crippen LogP contribution in [-0.2, 0) is 4.74 Å². The van der Waals surface area contributed by atoms with Crippen LogP contribution in [0.15, 0.2) is 0 Å². The van der Waals surface area contributed by atoms with Crippen LogP contribution in [0.2, 0.25) is 0 Å². The Morgan fingerprint density at radius 3 is 2.40 bits per heavy atom. The molecular weight excluding hydrogens is 136 g/mol. The Bertz CT molecular complexity index is 147. The van der Waals surface area contributed by atoms with Crippen LogP contribution in [0, 0.1) is 0 Å². The standard InChI is InChI=1S/C6H10O4/c7-2-1-3(8)5-6(10-5)4(2)9/h2-9H,1H2/t2-,3+,4+,5+,6-/m0/s1. The third-order valence-corrected chi connectivity index (χ3v) is 2.15. The van der Waals surface area contributed by atoms with Gasteiger partial charge in [0.15, 0.2) is 0 Å². The van der Waals surface area contributed by atoms with Crippen molar-refractivity contribution in [2.24, 2.45) is 0 Å². The zero-order valence-corrected chi connectivity index (χ0v) is 5.34. The summed E-state index contributed by atoms with van der Waals surface area (Å²) in [5.74, 6) is 0. The third-order valence-electron chi connectivity index (χ3n) is 2.15. The normalized spacial score (nSPS) is 59.7. The maximum atomic E-state index is 9.12. The van der Waals surface area contributed by atoms with E-state index < -0.39 is 18.3 Å². The summed E-state index contributed by atoms with van der Waals surface area (Å²) >= 11 is 0. The molecule has 0 aromatic heterocycles. The van der Waals surface area contributed by atoms with Crippen molar-refractivity contribution < 1.29 is 20.1 Å². The topological polar surface area (TPSA) is 73.2 Å². The minimum Gasteiger partial charge on any atom is -0.390 e. The molecule has 4 heteroatoms. The van der Waals surface area contributed by atoms with Crippen molar-refractivity contribution >= 4 is 0 Å². The first-order chi connectivity index (χ1) is 4.70. The summed E-state index contributed by atoms with van der Waals surface area (Å²) in [5.41, 5.74) is 0. The second-order valence-electron chi connectivity index (χ2n) is 2.93. The van der Waals surface area contributed by atoms with Gasteiger partial charge in [0.25, 0.3) is 0 Å². The molecule has 1 aliphatic heterocycles. The van der Waals surface area contributed by atoms with Gasteiger partial charge >= 0.3 is 0 Å². The number of hydrogen-bond donors (Lipinski definition) is 3. The van der Waals surface area contributed by atoms with E-state index in [2.05, 4.69) is 0 Å². The summed E-state index contributed by atoms with van der Waals surface area (Å²) in [6, 6.07) is 0. The average molecular weight is 146 g/mol. The molecule has 0 aromatic rings. The maximum absolute atomic E-state index is 9.12. The molecule has 2 rings (SSSR count). The van der Waals surface area contributed by atoms with Gasteiger partial charge in [-0.3, -0.25) is 0 Å².